The van der Waals surface area contributed by atoms with E-state index in [9.17, 15) is 9.18 Å². The smallest absolute Gasteiger partial charge is 0.238 e. The Morgan fingerprint density at radius 1 is 1.47 bits per heavy atom. The normalized spacial score (nSPS) is 20.2. The summed E-state index contributed by atoms with van der Waals surface area (Å²) in [5, 5.41) is 5.85. The molecular formula is C14H20FN3O. The number of carbonyl (C=O) groups excluding carboxylic acids is 1. The number of amides is 1. The highest BCUT2D eigenvalue weighted by Gasteiger charge is 2.20. The van der Waals surface area contributed by atoms with Crippen molar-refractivity contribution < 1.29 is 9.18 Å². The molecule has 1 aromatic rings. The summed E-state index contributed by atoms with van der Waals surface area (Å²) in [7, 11) is 1.94. The molecule has 2 N–H and O–H groups in total. The molecule has 1 aromatic carbocycles. The van der Waals surface area contributed by atoms with E-state index in [1.54, 1.807) is 18.2 Å². The van der Waals surface area contributed by atoms with Crippen LogP contribution in [0.5, 0.6) is 0 Å². The number of carbonyl (C=O) groups is 1. The lowest BCUT2D eigenvalue weighted by Gasteiger charge is -2.31. The molecule has 4 nitrogen and oxygen atoms in total. The molecule has 0 aliphatic carbocycles. The maximum atomic E-state index is 13.4. The molecule has 0 saturated carbocycles. The van der Waals surface area contributed by atoms with Gasteiger partial charge in [-0.15, -0.1) is 0 Å². The molecule has 1 heterocycles. The number of rotatable bonds is 4. The van der Waals surface area contributed by atoms with Gasteiger partial charge in [0.2, 0.25) is 5.91 Å². The van der Waals surface area contributed by atoms with Gasteiger partial charge in [-0.05, 0) is 38.6 Å². The van der Waals surface area contributed by atoms with Crippen LogP contribution in [0.4, 0.5) is 10.1 Å². The standard InChI is InChI=1S/C14H20FN3O/c1-16-11-5-4-8-18(9-11)10-14(19)17-13-7-3-2-6-12(13)15/h2-3,6-7,11,16H,4-5,8-10H2,1H3,(H,17,19). The van der Waals surface area contributed by atoms with Crippen molar-refractivity contribution in [2.24, 2.45) is 0 Å². The Morgan fingerprint density at radius 3 is 3.00 bits per heavy atom. The summed E-state index contributed by atoms with van der Waals surface area (Å²) in [5.41, 5.74) is 0.245. The van der Waals surface area contributed by atoms with E-state index in [2.05, 4.69) is 15.5 Å². The first-order chi connectivity index (χ1) is 9.19. The van der Waals surface area contributed by atoms with Crippen LogP contribution in [0.2, 0.25) is 0 Å². The van der Waals surface area contributed by atoms with Gasteiger partial charge in [0.15, 0.2) is 0 Å². The van der Waals surface area contributed by atoms with Crippen molar-refractivity contribution in [2.45, 2.75) is 18.9 Å². The Bertz CT molecular complexity index is 438. The number of hydrogen-bond donors (Lipinski definition) is 2. The van der Waals surface area contributed by atoms with E-state index in [0.717, 1.165) is 25.9 Å². The third-order valence-corrected chi connectivity index (χ3v) is 3.43. The van der Waals surface area contributed by atoms with Gasteiger partial charge in [-0.25, -0.2) is 4.39 Å². The van der Waals surface area contributed by atoms with Gasteiger partial charge in [-0.2, -0.15) is 0 Å². The average Bonchev–Trinajstić information content (AvgIpc) is 2.41. The van der Waals surface area contributed by atoms with Gasteiger partial charge in [0.05, 0.1) is 12.2 Å². The second kappa shape index (κ2) is 6.63. The van der Waals surface area contributed by atoms with E-state index in [1.807, 2.05) is 7.05 Å². The lowest BCUT2D eigenvalue weighted by Crippen LogP contribution is -2.46. The monoisotopic (exact) mass is 265 g/mol. The van der Waals surface area contributed by atoms with Crippen molar-refractivity contribution in [1.29, 1.82) is 0 Å². The van der Waals surface area contributed by atoms with Crippen LogP contribution in [0.15, 0.2) is 24.3 Å². The van der Waals surface area contributed by atoms with Crippen LogP contribution in [0.25, 0.3) is 0 Å². The van der Waals surface area contributed by atoms with E-state index in [1.165, 1.54) is 6.07 Å². The van der Waals surface area contributed by atoms with E-state index in [-0.39, 0.29) is 11.6 Å². The summed E-state index contributed by atoms with van der Waals surface area (Å²) in [6.45, 7) is 2.09. The van der Waals surface area contributed by atoms with Crippen molar-refractivity contribution >= 4 is 11.6 Å². The fourth-order valence-corrected chi connectivity index (χ4v) is 2.39. The van der Waals surface area contributed by atoms with Crippen molar-refractivity contribution in [3.05, 3.63) is 30.1 Å². The minimum Gasteiger partial charge on any atom is -0.322 e. The number of likely N-dealkylation sites (tertiary alicyclic amines) is 1. The first-order valence-electron chi connectivity index (χ1n) is 6.63. The van der Waals surface area contributed by atoms with Crippen LogP contribution < -0.4 is 10.6 Å². The van der Waals surface area contributed by atoms with Crippen LogP contribution in [0.3, 0.4) is 0 Å². The van der Waals surface area contributed by atoms with Crippen molar-refractivity contribution in [1.82, 2.24) is 10.2 Å². The fourth-order valence-electron chi connectivity index (χ4n) is 2.39. The average molecular weight is 265 g/mol. The Labute approximate surface area is 113 Å². The predicted octanol–water partition coefficient (Wildman–Crippen LogP) is 1.45. The van der Waals surface area contributed by atoms with Gasteiger partial charge in [0.1, 0.15) is 5.82 Å². The summed E-state index contributed by atoms with van der Waals surface area (Å²) >= 11 is 0. The third-order valence-electron chi connectivity index (χ3n) is 3.43. The second-order valence-electron chi connectivity index (χ2n) is 4.89. The zero-order chi connectivity index (χ0) is 13.7. The summed E-state index contributed by atoms with van der Waals surface area (Å²) in [4.78, 5) is 14.0. The fraction of sp³-hybridized carbons (Fsp3) is 0.500. The molecule has 0 aromatic heterocycles. The molecule has 5 heteroatoms. The van der Waals surface area contributed by atoms with Gasteiger partial charge < -0.3 is 10.6 Å². The van der Waals surface area contributed by atoms with E-state index >= 15 is 0 Å². The minimum atomic E-state index is -0.400. The Balaban J connectivity index is 1.86. The molecule has 2 rings (SSSR count). The summed E-state index contributed by atoms with van der Waals surface area (Å²) < 4.78 is 13.4. The number of para-hydroxylation sites is 1. The quantitative estimate of drug-likeness (QED) is 0.866. The number of halogens is 1. The highest BCUT2D eigenvalue weighted by Crippen LogP contribution is 2.13. The van der Waals surface area contributed by atoms with Crippen LogP contribution in [0.1, 0.15) is 12.8 Å². The number of anilines is 1. The number of nitrogens with one attached hydrogen (secondary N) is 2. The molecule has 104 valence electrons. The predicted molar refractivity (Wildman–Crippen MR) is 73.6 cm³/mol. The zero-order valence-corrected chi connectivity index (χ0v) is 11.2. The Morgan fingerprint density at radius 2 is 2.26 bits per heavy atom. The highest BCUT2D eigenvalue weighted by atomic mass is 19.1. The maximum Gasteiger partial charge on any atom is 0.238 e. The largest absolute Gasteiger partial charge is 0.322 e. The van der Waals surface area contributed by atoms with Crippen molar-refractivity contribution in [3.63, 3.8) is 0 Å². The zero-order valence-electron chi connectivity index (χ0n) is 11.2. The summed E-state index contributed by atoms with van der Waals surface area (Å²) in [6, 6.07) is 6.66. The number of hydrogen-bond acceptors (Lipinski definition) is 3. The molecule has 1 aliphatic heterocycles. The molecule has 1 unspecified atom stereocenters. The molecule has 1 aliphatic rings. The van der Waals surface area contributed by atoms with Gasteiger partial charge in [-0.1, -0.05) is 12.1 Å². The van der Waals surface area contributed by atoms with Crippen LogP contribution >= 0.6 is 0 Å². The lowest BCUT2D eigenvalue weighted by molar-refractivity contribution is -0.117. The lowest BCUT2D eigenvalue weighted by atomic mass is 10.1. The first-order valence-corrected chi connectivity index (χ1v) is 6.63. The minimum absolute atomic E-state index is 0.165. The summed E-state index contributed by atoms with van der Waals surface area (Å²) in [6.07, 6.45) is 2.22. The van der Waals surface area contributed by atoms with E-state index in [0.29, 0.717) is 12.6 Å². The molecule has 19 heavy (non-hydrogen) atoms. The van der Waals surface area contributed by atoms with E-state index < -0.39 is 5.82 Å². The summed E-state index contributed by atoms with van der Waals surface area (Å²) in [5.74, 6) is -0.565. The Hall–Kier alpha value is -1.46. The number of piperidine rings is 1. The molecule has 0 spiro atoms. The molecule has 0 bridgehead atoms. The van der Waals surface area contributed by atoms with Crippen molar-refractivity contribution in [3.8, 4) is 0 Å². The van der Waals surface area contributed by atoms with Gasteiger partial charge in [0, 0.05) is 12.6 Å². The second-order valence-corrected chi connectivity index (χ2v) is 4.89. The van der Waals surface area contributed by atoms with Gasteiger partial charge in [0.25, 0.3) is 0 Å². The number of nitrogens with zero attached hydrogens (tertiary/aromatic N) is 1. The third kappa shape index (κ3) is 4.01. The number of likely N-dealkylation sites (N-methyl/N-ethyl adjacent to an activating group) is 1. The molecular weight excluding hydrogens is 245 g/mol. The van der Waals surface area contributed by atoms with Crippen molar-refractivity contribution in [2.75, 3.05) is 32.0 Å². The van der Waals surface area contributed by atoms with Gasteiger partial charge in [-0.3, -0.25) is 9.69 Å². The Kier molecular flexibility index (Phi) is 4.87. The maximum absolute atomic E-state index is 13.4. The highest BCUT2D eigenvalue weighted by molar-refractivity contribution is 5.92. The molecule has 1 saturated heterocycles. The number of benzene rings is 1. The molecule has 1 atom stereocenters. The van der Waals surface area contributed by atoms with Gasteiger partial charge >= 0.3 is 0 Å². The van der Waals surface area contributed by atoms with Crippen LogP contribution in [-0.4, -0.2) is 43.5 Å². The van der Waals surface area contributed by atoms with E-state index in [4.69, 9.17) is 0 Å². The van der Waals surface area contributed by atoms with Crippen LogP contribution in [-0.2, 0) is 4.79 Å². The van der Waals surface area contributed by atoms with Crippen LogP contribution in [0, 0.1) is 5.82 Å². The molecule has 0 radical (unpaired) electrons. The molecule has 1 fully saturated rings. The SMILES string of the molecule is CNC1CCCN(CC(=O)Nc2ccccc2F)C1. The molecule has 1 amide bonds. The topological polar surface area (TPSA) is 44.4 Å². The first kappa shape index (κ1) is 14.0.